The minimum Gasteiger partial charge on any atom is -0.484 e. The van der Waals surface area contributed by atoms with E-state index in [-0.39, 0.29) is 18.6 Å². The van der Waals surface area contributed by atoms with Gasteiger partial charge in [0.25, 0.3) is 5.91 Å². The lowest BCUT2D eigenvalue weighted by atomic mass is 10.1. The van der Waals surface area contributed by atoms with Crippen LogP contribution in [0.5, 0.6) is 5.75 Å². The molecule has 1 aromatic rings. The number of rotatable bonds is 5. The number of hydrogen-bond donors (Lipinski definition) is 2. The Kier molecular flexibility index (Phi) is 4.43. The fraction of sp³-hybridized carbons (Fsp3) is 0.533. The van der Waals surface area contributed by atoms with Crippen LogP contribution in [0.2, 0.25) is 0 Å². The topological polar surface area (TPSA) is 50.4 Å². The first kappa shape index (κ1) is 13.9. The minimum atomic E-state index is -0.0800. The summed E-state index contributed by atoms with van der Waals surface area (Å²) >= 11 is 0. The monoisotopic (exact) mass is 262 g/mol. The number of hydrogen-bond acceptors (Lipinski definition) is 3. The molecule has 0 fully saturated rings. The summed E-state index contributed by atoms with van der Waals surface area (Å²) in [6.07, 6.45) is 2.19. The van der Waals surface area contributed by atoms with Gasteiger partial charge in [0, 0.05) is 12.1 Å². The molecule has 0 bridgehead atoms. The second kappa shape index (κ2) is 6.06. The summed E-state index contributed by atoms with van der Waals surface area (Å²) in [7, 11) is 1.99. The van der Waals surface area contributed by atoms with Crippen LogP contribution < -0.4 is 15.4 Å². The number of amides is 1. The maximum Gasteiger partial charge on any atom is 0.258 e. The molecule has 1 unspecified atom stereocenters. The van der Waals surface area contributed by atoms with Crippen molar-refractivity contribution in [1.29, 1.82) is 0 Å². The van der Waals surface area contributed by atoms with E-state index >= 15 is 0 Å². The third-order valence-corrected chi connectivity index (χ3v) is 3.36. The molecule has 0 aliphatic heterocycles. The minimum absolute atomic E-state index is 0.0758. The Bertz CT molecular complexity index is 457. The van der Waals surface area contributed by atoms with Gasteiger partial charge < -0.3 is 15.4 Å². The van der Waals surface area contributed by atoms with Crippen molar-refractivity contribution in [1.82, 2.24) is 10.6 Å². The first-order valence-corrected chi connectivity index (χ1v) is 6.82. The van der Waals surface area contributed by atoms with Crippen LogP contribution >= 0.6 is 0 Å². The van der Waals surface area contributed by atoms with Crippen LogP contribution in [0.25, 0.3) is 0 Å². The molecule has 2 rings (SSSR count). The maximum atomic E-state index is 11.5. The average molecular weight is 262 g/mol. The number of benzene rings is 1. The van der Waals surface area contributed by atoms with Crippen molar-refractivity contribution in [2.45, 2.75) is 38.8 Å². The van der Waals surface area contributed by atoms with E-state index in [1.165, 1.54) is 11.1 Å². The van der Waals surface area contributed by atoms with Crippen molar-refractivity contribution in [3.63, 3.8) is 0 Å². The predicted octanol–water partition coefficient (Wildman–Crippen LogP) is 1.80. The van der Waals surface area contributed by atoms with Crippen LogP contribution in [0.4, 0.5) is 0 Å². The molecule has 0 saturated heterocycles. The van der Waals surface area contributed by atoms with E-state index in [1.807, 2.05) is 27.0 Å². The van der Waals surface area contributed by atoms with E-state index in [0.717, 1.165) is 18.6 Å². The molecule has 2 N–H and O–H groups in total. The molecule has 1 aliphatic carbocycles. The highest BCUT2D eigenvalue weighted by Crippen LogP contribution is 2.33. The lowest BCUT2D eigenvalue weighted by Gasteiger charge is -2.12. The highest BCUT2D eigenvalue weighted by atomic mass is 16.5. The molecule has 1 aliphatic rings. The average Bonchev–Trinajstić information content (AvgIpc) is 2.77. The number of carbonyl (C=O) groups excluding carboxylic acids is 1. The molecular formula is C15H22N2O2. The summed E-state index contributed by atoms with van der Waals surface area (Å²) in [5.74, 6) is 0.693. The van der Waals surface area contributed by atoms with Crippen LogP contribution in [-0.4, -0.2) is 25.6 Å². The van der Waals surface area contributed by atoms with Gasteiger partial charge >= 0.3 is 0 Å². The highest BCUT2D eigenvalue weighted by molar-refractivity contribution is 5.77. The smallest absolute Gasteiger partial charge is 0.258 e. The van der Waals surface area contributed by atoms with E-state index in [2.05, 4.69) is 22.8 Å². The molecule has 4 nitrogen and oxygen atoms in total. The molecule has 0 radical (unpaired) electrons. The van der Waals surface area contributed by atoms with Gasteiger partial charge in [-0.05, 0) is 57.0 Å². The zero-order valence-electron chi connectivity index (χ0n) is 11.8. The summed E-state index contributed by atoms with van der Waals surface area (Å²) in [5, 5.41) is 6.11. The quantitative estimate of drug-likeness (QED) is 0.850. The van der Waals surface area contributed by atoms with Gasteiger partial charge in [-0.2, -0.15) is 0 Å². The van der Waals surface area contributed by atoms with Gasteiger partial charge in [-0.1, -0.05) is 6.07 Å². The molecular weight excluding hydrogens is 240 g/mol. The Morgan fingerprint density at radius 2 is 2.26 bits per heavy atom. The van der Waals surface area contributed by atoms with Crippen LogP contribution in [0.3, 0.4) is 0 Å². The van der Waals surface area contributed by atoms with E-state index in [0.29, 0.717) is 6.04 Å². The molecule has 104 valence electrons. The fourth-order valence-corrected chi connectivity index (χ4v) is 2.50. The van der Waals surface area contributed by atoms with Gasteiger partial charge in [0.1, 0.15) is 5.75 Å². The predicted molar refractivity (Wildman–Crippen MR) is 75.3 cm³/mol. The molecule has 1 aromatic carbocycles. The van der Waals surface area contributed by atoms with Crippen LogP contribution in [0.1, 0.15) is 37.4 Å². The number of carbonyl (C=O) groups is 1. The summed E-state index contributed by atoms with van der Waals surface area (Å²) in [5.41, 5.74) is 2.67. The molecule has 0 aromatic heterocycles. The third kappa shape index (κ3) is 3.47. The Labute approximate surface area is 114 Å². The van der Waals surface area contributed by atoms with Gasteiger partial charge in [-0.3, -0.25) is 4.79 Å². The highest BCUT2D eigenvalue weighted by Gasteiger charge is 2.21. The van der Waals surface area contributed by atoms with E-state index in [4.69, 9.17) is 4.74 Å². The molecule has 0 spiro atoms. The van der Waals surface area contributed by atoms with Crippen LogP contribution in [0, 0.1) is 0 Å². The fourth-order valence-electron chi connectivity index (χ4n) is 2.50. The SMILES string of the molecule is CNC1CCc2cc(OCC(=O)NC(C)C)ccc21. The Hall–Kier alpha value is -1.55. The first-order valence-electron chi connectivity index (χ1n) is 6.82. The van der Waals surface area contributed by atoms with Gasteiger partial charge in [-0.25, -0.2) is 0 Å². The van der Waals surface area contributed by atoms with Crippen LogP contribution in [-0.2, 0) is 11.2 Å². The molecule has 1 atom stereocenters. The van der Waals surface area contributed by atoms with Crippen LogP contribution in [0.15, 0.2) is 18.2 Å². The zero-order chi connectivity index (χ0) is 13.8. The van der Waals surface area contributed by atoms with Crippen molar-refractivity contribution in [2.75, 3.05) is 13.7 Å². The molecule has 0 heterocycles. The lowest BCUT2D eigenvalue weighted by Crippen LogP contribution is -2.34. The largest absolute Gasteiger partial charge is 0.484 e. The summed E-state index contributed by atoms with van der Waals surface area (Å²) < 4.78 is 5.53. The second-order valence-corrected chi connectivity index (χ2v) is 5.25. The summed E-state index contributed by atoms with van der Waals surface area (Å²) in [6.45, 7) is 3.95. The van der Waals surface area contributed by atoms with E-state index in [1.54, 1.807) is 0 Å². The molecule has 19 heavy (non-hydrogen) atoms. The maximum absolute atomic E-state index is 11.5. The van der Waals surface area contributed by atoms with Crippen molar-refractivity contribution < 1.29 is 9.53 Å². The number of fused-ring (bicyclic) bond motifs is 1. The van der Waals surface area contributed by atoms with Crippen molar-refractivity contribution in [3.8, 4) is 5.75 Å². The van der Waals surface area contributed by atoms with Gasteiger partial charge in [-0.15, -0.1) is 0 Å². The standard InChI is InChI=1S/C15H22N2O2/c1-10(2)17-15(18)9-19-12-5-6-13-11(8-12)4-7-14(13)16-3/h5-6,8,10,14,16H,4,7,9H2,1-3H3,(H,17,18). The van der Waals surface area contributed by atoms with E-state index < -0.39 is 0 Å². The first-order chi connectivity index (χ1) is 9.10. The Morgan fingerprint density at radius 1 is 1.47 bits per heavy atom. The molecule has 1 amide bonds. The summed E-state index contributed by atoms with van der Waals surface area (Å²) in [4.78, 5) is 11.5. The lowest BCUT2D eigenvalue weighted by molar-refractivity contribution is -0.123. The number of ether oxygens (including phenoxy) is 1. The zero-order valence-corrected chi connectivity index (χ0v) is 11.8. The third-order valence-electron chi connectivity index (χ3n) is 3.36. The normalized spacial score (nSPS) is 17.4. The number of aryl methyl sites for hydroxylation is 1. The summed E-state index contributed by atoms with van der Waals surface area (Å²) in [6, 6.07) is 6.69. The van der Waals surface area contributed by atoms with Gasteiger partial charge in [0.2, 0.25) is 0 Å². The second-order valence-electron chi connectivity index (χ2n) is 5.25. The Morgan fingerprint density at radius 3 is 2.95 bits per heavy atom. The van der Waals surface area contributed by atoms with Crippen molar-refractivity contribution >= 4 is 5.91 Å². The van der Waals surface area contributed by atoms with Gasteiger partial charge in [0.15, 0.2) is 6.61 Å². The van der Waals surface area contributed by atoms with Crippen molar-refractivity contribution in [3.05, 3.63) is 29.3 Å². The number of nitrogens with one attached hydrogen (secondary N) is 2. The Balaban J connectivity index is 1.94. The van der Waals surface area contributed by atoms with Crippen molar-refractivity contribution in [2.24, 2.45) is 0 Å². The molecule has 0 saturated carbocycles. The van der Waals surface area contributed by atoms with E-state index in [9.17, 15) is 4.79 Å². The van der Waals surface area contributed by atoms with Gasteiger partial charge in [0.05, 0.1) is 0 Å². The molecule has 4 heteroatoms.